The number of hydrogen-bond donors (Lipinski definition) is 1. The lowest BCUT2D eigenvalue weighted by Crippen LogP contribution is -2.29. The topological polar surface area (TPSA) is 79.6 Å². The minimum atomic E-state index is -0.429. The van der Waals surface area contributed by atoms with E-state index in [2.05, 4.69) is 13.0 Å². The number of carbonyl (C=O) groups excluding carboxylic acids is 1. The number of halogens is 1. The number of alkyl halides is 1. The van der Waals surface area contributed by atoms with Gasteiger partial charge in [-0.2, -0.15) is 5.26 Å². The van der Waals surface area contributed by atoms with Gasteiger partial charge in [-0.3, -0.25) is 4.79 Å². The van der Waals surface area contributed by atoms with Crippen LogP contribution in [-0.4, -0.2) is 29.0 Å². The number of Topliss-reactive ketones (excluding diaryl/α,β-unsaturated/α-hetero) is 1. The van der Waals surface area contributed by atoms with E-state index in [4.69, 9.17) is 21.1 Å². The summed E-state index contributed by atoms with van der Waals surface area (Å²) in [6, 6.07) is 5.60. The van der Waals surface area contributed by atoms with Gasteiger partial charge in [-0.25, -0.2) is 0 Å². The standard InChI is InChI=1S/C29H34ClNO4/c1-4-6-18-9-20(12-21(30)10-18)25(32)15-24-23-11-19(16-31)7-8-27(17(23)3)35-28-14-22(34-5-2)13-26(33)29(24)28/h7-8,11,13-14,18,20-21,24,27,33H,4-6,9-10,12,15H2,1-3H3. The average Bonchev–Trinajstić information content (AvgIpc) is 3.03. The highest BCUT2D eigenvalue weighted by molar-refractivity contribution is 6.20. The van der Waals surface area contributed by atoms with Crippen molar-refractivity contribution >= 4 is 17.4 Å². The van der Waals surface area contributed by atoms with Gasteiger partial charge in [0.25, 0.3) is 0 Å². The van der Waals surface area contributed by atoms with Crippen molar-refractivity contribution in [2.75, 3.05) is 6.61 Å². The Labute approximate surface area is 213 Å². The molecule has 3 aliphatic rings. The molecule has 1 aliphatic heterocycles. The fourth-order valence-corrected chi connectivity index (χ4v) is 6.29. The fraction of sp³-hybridized carbons (Fsp3) is 0.517. The second-order valence-electron chi connectivity index (χ2n) is 9.91. The van der Waals surface area contributed by atoms with Crippen LogP contribution in [0.1, 0.15) is 70.8 Å². The zero-order valence-corrected chi connectivity index (χ0v) is 21.5. The summed E-state index contributed by atoms with van der Waals surface area (Å²) in [6.45, 7) is 6.48. The molecule has 0 spiro atoms. The molecule has 1 aromatic rings. The van der Waals surface area contributed by atoms with Crippen molar-refractivity contribution in [2.24, 2.45) is 11.8 Å². The summed E-state index contributed by atoms with van der Waals surface area (Å²) >= 11 is 6.59. The third kappa shape index (κ3) is 5.43. The van der Waals surface area contributed by atoms with Crippen molar-refractivity contribution in [1.82, 2.24) is 0 Å². The second kappa shape index (κ2) is 10.9. The monoisotopic (exact) mass is 495 g/mol. The molecule has 1 N–H and O–H groups in total. The van der Waals surface area contributed by atoms with Crippen molar-refractivity contribution in [3.8, 4) is 23.3 Å². The Morgan fingerprint density at radius 2 is 2.09 bits per heavy atom. The molecule has 0 radical (unpaired) electrons. The van der Waals surface area contributed by atoms with Crippen LogP contribution in [0.3, 0.4) is 0 Å². The number of benzene rings is 1. The Balaban J connectivity index is 1.75. The van der Waals surface area contributed by atoms with E-state index in [9.17, 15) is 15.2 Å². The first-order valence-corrected chi connectivity index (χ1v) is 13.1. The highest BCUT2D eigenvalue weighted by Crippen LogP contribution is 2.49. The van der Waals surface area contributed by atoms with Crippen molar-refractivity contribution < 1.29 is 19.4 Å². The number of hydrogen-bond acceptors (Lipinski definition) is 5. The number of carbonyl (C=O) groups is 1. The van der Waals surface area contributed by atoms with Gasteiger partial charge >= 0.3 is 0 Å². The van der Waals surface area contributed by atoms with E-state index in [1.165, 1.54) is 0 Å². The lowest BCUT2D eigenvalue weighted by molar-refractivity contribution is -0.124. The normalized spacial score (nSPS) is 27.6. The molecule has 1 saturated carbocycles. The van der Waals surface area contributed by atoms with Crippen molar-refractivity contribution in [1.29, 1.82) is 5.26 Å². The first-order valence-electron chi connectivity index (χ1n) is 12.7. The van der Waals surface area contributed by atoms with E-state index in [1.54, 1.807) is 18.2 Å². The van der Waals surface area contributed by atoms with Crippen LogP contribution >= 0.6 is 11.6 Å². The Hall–Kier alpha value is -2.71. The fourth-order valence-electron chi connectivity index (χ4n) is 5.83. The number of nitriles is 1. The highest BCUT2D eigenvalue weighted by atomic mass is 35.5. The average molecular weight is 496 g/mol. The molecule has 2 aliphatic carbocycles. The zero-order chi connectivity index (χ0) is 25.1. The number of nitrogens with zero attached hydrogens (tertiary/aromatic N) is 1. The zero-order valence-electron chi connectivity index (χ0n) is 20.7. The lowest BCUT2D eigenvalue weighted by Gasteiger charge is -2.32. The predicted molar refractivity (Wildman–Crippen MR) is 137 cm³/mol. The number of rotatable bonds is 7. The van der Waals surface area contributed by atoms with Gasteiger partial charge < -0.3 is 14.6 Å². The Kier molecular flexibility index (Phi) is 7.91. The van der Waals surface area contributed by atoms with E-state index < -0.39 is 12.0 Å². The third-order valence-electron chi connectivity index (χ3n) is 7.46. The first-order chi connectivity index (χ1) is 16.8. The van der Waals surface area contributed by atoms with Gasteiger partial charge in [-0.15, -0.1) is 11.6 Å². The molecule has 0 aromatic heterocycles. The highest BCUT2D eigenvalue weighted by Gasteiger charge is 2.37. The molecule has 5 atom stereocenters. The van der Waals surface area contributed by atoms with Gasteiger partial charge in [0.2, 0.25) is 0 Å². The summed E-state index contributed by atoms with van der Waals surface area (Å²) in [5, 5.41) is 20.8. The molecule has 0 saturated heterocycles. The number of ether oxygens (including phenoxy) is 2. The summed E-state index contributed by atoms with van der Waals surface area (Å²) in [6.07, 6.45) is 9.94. The van der Waals surface area contributed by atoms with Crippen molar-refractivity contribution in [3.05, 3.63) is 52.6 Å². The Bertz CT molecular complexity index is 1110. The van der Waals surface area contributed by atoms with Crippen LogP contribution in [0.4, 0.5) is 0 Å². The molecule has 1 fully saturated rings. The van der Waals surface area contributed by atoms with E-state index >= 15 is 0 Å². The molecule has 5 unspecified atom stereocenters. The summed E-state index contributed by atoms with van der Waals surface area (Å²) in [4.78, 5) is 13.7. The number of ketones is 1. The van der Waals surface area contributed by atoms with E-state index in [0.717, 1.165) is 36.8 Å². The third-order valence-corrected chi connectivity index (χ3v) is 7.82. The van der Waals surface area contributed by atoms with Gasteiger partial charge in [-0.1, -0.05) is 19.8 Å². The van der Waals surface area contributed by atoms with Gasteiger partial charge in [-0.05, 0) is 68.4 Å². The minimum absolute atomic E-state index is 0.0126. The van der Waals surface area contributed by atoms with E-state index in [1.807, 2.05) is 26.0 Å². The van der Waals surface area contributed by atoms with Crippen LogP contribution in [0.15, 0.2) is 47.1 Å². The maximum atomic E-state index is 13.7. The molecule has 1 aromatic carbocycles. The van der Waals surface area contributed by atoms with E-state index in [0.29, 0.717) is 41.6 Å². The molecule has 2 bridgehead atoms. The molecular weight excluding hydrogens is 462 g/mol. The summed E-state index contributed by atoms with van der Waals surface area (Å²) in [5.41, 5.74) is 2.86. The van der Waals surface area contributed by atoms with Crippen LogP contribution < -0.4 is 9.47 Å². The maximum Gasteiger partial charge on any atom is 0.139 e. The number of fused-ring (bicyclic) bond motifs is 2. The maximum absolute atomic E-state index is 13.7. The first kappa shape index (κ1) is 25.4. The largest absolute Gasteiger partial charge is 0.507 e. The summed E-state index contributed by atoms with van der Waals surface area (Å²) in [5.74, 6) is 1.16. The quantitative estimate of drug-likeness (QED) is 0.423. The molecule has 5 nitrogen and oxygen atoms in total. The second-order valence-corrected chi connectivity index (χ2v) is 10.5. The predicted octanol–water partition coefficient (Wildman–Crippen LogP) is 6.75. The van der Waals surface area contributed by atoms with Crippen molar-refractivity contribution in [3.63, 3.8) is 0 Å². The molecule has 0 amide bonds. The Morgan fingerprint density at radius 1 is 1.29 bits per heavy atom. The van der Waals surface area contributed by atoms with Gasteiger partial charge in [0, 0.05) is 41.3 Å². The van der Waals surface area contributed by atoms with Crippen LogP contribution in [0.2, 0.25) is 0 Å². The molecule has 35 heavy (non-hydrogen) atoms. The van der Waals surface area contributed by atoms with Crippen LogP contribution in [-0.2, 0) is 4.79 Å². The van der Waals surface area contributed by atoms with Crippen LogP contribution in [0.25, 0.3) is 0 Å². The molecule has 186 valence electrons. The molecule has 6 heteroatoms. The number of phenols is 1. The molecular formula is C29H34ClNO4. The number of aromatic hydroxyl groups is 1. The number of phenolic OH excluding ortho intramolecular Hbond substituents is 1. The van der Waals surface area contributed by atoms with Crippen LogP contribution in [0.5, 0.6) is 17.2 Å². The molecule has 4 rings (SSSR count). The van der Waals surface area contributed by atoms with Crippen molar-refractivity contribution in [2.45, 2.75) is 76.7 Å². The van der Waals surface area contributed by atoms with Gasteiger partial charge in [0.15, 0.2) is 0 Å². The van der Waals surface area contributed by atoms with Gasteiger partial charge in [0.05, 0.1) is 18.2 Å². The Morgan fingerprint density at radius 3 is 2.80 bits per heavy atom. The van der Waals surface area contributed by atoms with Crippen LogP contribution in [0, 0.1) is 23.2 Å². The summed E-state index contributed by atoms with van der Waals surface area (Å²) in [7, 11) is 0. The number of allylic oxidation sites excluding steroid dienone is 4. The van der Waals surface area contributed by atoms with E-state index in [-0.39, 0.29) is 29.2 Å². The lowest BCUT2D eigenvalue weighted by atomic mass is 9.74. The SMILES string of the molecule is CCCC1CC(Cl)CC(C(=O)CC2C3=C(C)C(C=CC(C#N)=C3)Oc3cc(OCC)cc(O)c32)C1. The van der Waals surface area contributed by atoms with Gasteiger partial charge in [0.1, 0.15) is 29.1 Å². The minimum Gasteiger partial charge on any atom is -0.507 e. The molecule has 1 heterocycles. The summed E-state index contributed by atoms with van der Waals surface area (Å²) < 4.78 is 12.0. The smallest absolute Gasteiger partial charge is 0.139 e.